The first-order valence-electron chi connectivity index (χ1n) is 5.69. The van der Waals surface area contributed by atoms with Crippen molar-refractivity contribution in [3.8, 4) is 5.75 Å². The van der Waals surface area contributed by atoms with Gasteiger partial charge in [0, 0.05) is 11.6 Å². The Morgan fingerprint density at radius 3 is 2.52 bits per heavy atom. The van der Waals surface area contributed by atoms with E-state index >= 15 is 0 Å². The van der Waals surface area contributed by atoms with Gasteiger partial charge in [0.25, 0.3) is 0 Å². The third-order valence-corrected chi connectivity index (χ3v) is 3.93. The van der Waals surface area contributed by atoms with E-state index in [0.29, 0.717) is 11.6 Å². The molecule has 8 heteroatoms. The molecule has 108 valence electrons. The maximum atomic E-state index is 13.5. The molecule has 0 bridgehead atoms. The van der Waals surface area contributed by atoms with Crippen LogP contribution in [0.3, 0.4) is 0 Å². The first-order valence-corrected chi connectivity index (χ1v) is 7.10. The summed E-state index contributed by atoms with van der Waals surface area (Å²) in [5.74, 6) is -2.44. The highest BCUT2D eigenvalue weighted by molar-refractivity contribution is 7.87. The SMILES string of the molecule is Cc1cccc(OS(=O)(=O)c2ccc(F)cc2F)c1[N+]#N. The van der Waals surface area contributed by atoms with Gasteiger partial charge in [-0.05, 0) is 25.1 Å². The highest BCUT2D eigenvalue weighted by Crippen LogP contribution is 2.33. The second-order valence-electron chi connectivity index (χ2n) is 4.13. The summed E-state index contributed by atoms with van der Waals surface area (Å²) in [6, 6.07) is 6.30. The molecule has 0 aliphatic rings. The molecule has 0 N–H and O–H groups in total. The van der Waals surface area contributed by atoms with Crippen molar-refractivity contribution in [2.24, 2.45) is 0 Å². The van der Waals surface area contributed by atoms with E-state index in [1.54, 1.807) is 13.0 Å². The quantitative estimate of drug-likeness (QED) is 0.642. The van der Waals surface area contributed by atoms with Crippen LogP contribution < -0.4 is 4.18 Å². The Morgan fingerprint density at radius 2 is 1.90 bits per heavy atom. The maximum absolute atomic E-state index is 13.5. The Bertz CT molecular complexity index is 845. The molecule has 0 saturated carbocycles. The zero-order valence-electron chi connectivity index (χ0n) is 10.7. The molecular weight excluding hydrogens is 302 g/mol. The lowest BCUT2D eigenvalue weighted by atomic mass is 10.2. The lowest BCUT2D eigenvalue weighted by molar-refractivity contribution is 0.475. The van der Waals surface area contributed by atoms with E-state index in [2.05, 4.69) is 4.98 Å². The van der Waals surface area contributed by atoms with Crippen molar-refractivity contribution in [1.29, 1.82) is 5.39 Å². The highest BCUT2D eigenvalue weighted by atomic mass is 32.2. The molecule has 0 heterocycles. The summed E-state index contributed by atoms with van der Waals surface area (Å²) >= 11 is 0. The molecular formula is C13H9F2N2O3S+. The van der Waals surface area contributed by atoms with Gasteiger partial charge in [-0.25, -0.2) is 8.78 Å². The van der Waals surface area contributed by atoms with Crippen LogP contribution >= 0.6 is 0 Å². The molecule has 0 amide bonds. The molecule has 0 radical (unpaired) electrons. The van der Waals surface area contributed by atoms with Crippen LogP contribution in [-0.2, 0) is 10.1 Å². The molecule has 0 fully saturated rings. The van der Waals surface area contributed by atoms with Crippen molar-refractivity contribution in [2.45, 2.75) is 11.8 Å². The third-order valence-electron chi connectivity index (χ3n) is 2.66. The zero-order chi connectivity index (χ0) is 15.6. The maximum Gasteiger partial charge on any atom is 0.430 e. The van der Waals surface area contributed by atoms with Gasteiger partial charge in [0.15, 0.2) is 4.98 Å². The van der Waals surface area contributed by atoms with E-state index in [0.717, 1.165) is 12.1 Å². The van der Waals surface area contributed by atoms with E-state index in [1.807, 2.05) is 0 Å². The predicted octanol–water partition coefficient (Wildman–Crippen LogP) is 3.53. The van der Waals surface area contributed by atoms with Crippen molar-refractivity contribution < 1.29 is 21.4 Å². The largest absolute Gasteiger partial charge is 0.430 e. The Balaban J connectivity index is 2.48. The molecule has 21 heavy (non-hydrogen) atoms. The Hall–Kier alpha value is -2.53. The van der Waals surface area contributed by atoms with Crippen LogP contribution in [0.5, 0.6) is 5.75 Å². The fraction of sp³-hybridized carbons (Fsp3) is 0.0769. The van der Waals surface area contributed by atoms with Crippen LogP contribution in [0.25, 0.3) is 4.98 Å². The lowest BCUT2D eigenvalue weighted by Gasteiger charge is -2.06. The summed E-state index contributed by atoms with van der Waals surface area (Å²) in [6.07, 6.45) is 0. The lowest BCUT2D eigenvalue weighted by Crippen LogP contribution is -2.12. The van der Waals surface area contributed by atoms with Crippen LogP contribution in [-0.4, -0.2) is 8.42 Å². The average Bonchev–Trinajstić information content (AvgIpc) is 2.38. The van der Waals surface area contributed by atoms with E-state index < -0.39 is 26.6 Å². The van der Waals surface area contributed by atoms with Gasteiger partial charge in [-0.3, -0.25) is 0 Å². The predicted molar refractivity (Wildman–Crippen MR) is 70.1 cm³/mol. The van der Waals surface area contributed by atoms with Crippen LogP contribution in [0, 0.1) is 24.0 Å². The van der Waals surface area contributed by atoms with Crippen LogP contribution in [0.2, 0.25) is 0 Å². The van der Waals surface area contributed by atoms with Crippen molar-refractivity contribution in [3.63, 3.8) is 0 Å². The van der Waals surface area contributed by atoms with E-state index in [9.17, 15) is 17.2 Å². The topological polar surface area (TPSA) is 71.5 Å². The fourth-order valence-electron chi connectivity index (χ4n) is 1.67. The standard InChI is InChI=1S/C13H9F2N2O3S/c1-8-3-2-4-11(13(8)17-16)20-21(18,19)12-6-5-9(14)7-10(12)15/h2-7H,1H3/q+1. The number of hydrogen-bond acceptors (Lipinski definition) is 4. The van der Waals surface area contributed by atoms with Crippen molar-refractivity contribution in [2.75, 3.05) is 0 Å². The summed E-state index contributed by atoms with van der Waals surface area (Å²) in [5, 5.41) is 8.88. The van der Waals surface area contributed by atoms with Crippen LogP contribution in [0.15, 0.2) is 41.3 Å². The molecule has 0 atom stereocenters. The summed E-state index contributed by atoms with van der Waals surface area (Å²) in [6.45, 7) is 1.58. The van der Waals surface area contributed by atoms with E-state index in [-0.39, 0.29) is 11.4 Å². The van der Waals surface area contributed by atoms with Gasteiger partial charge in [0.2, 0.25) is 11.1 Å². The Labute approximate surface area is 119 Å². The fourth-order valence-corrected chi connectivity index (χ4v) is 2.66. The molecule has 0 saturated heterocycles. The minimum absolute atomic E-state index is 0.0939. The second kappa shape index (κ2) is 5.46. The van der Waals surface area contributed by atoms with E-state index in [1.165, 1.54) is 12.1 Å². The summed E-state index contributed by atoms with van der Waals surface area (Å²) in [7, 11) is -4.52. The number of rotatable bonds is 3. The van der Waals surface area contributed by atoms with Crippen molar-refractivity contribution in [3.05, 3.63) is 58.6 Å². The minimum atomic E-state index is -4.52. The number of aryl methyl sites for hydroxylation is 1. The Kier molecular flexibility index (Phi) is 3.86. The zero-order valence-corrected chi connectivity index (χ0v) is 11.6. The molecule has 0 aliphatic heterocycles. The summed E-state index contributed by atoms with van der Waals surface area (Å²) in [5.41, 5.74) is 0.369. The first kappa shape index (κ1) is 14.9. The number of hydrogen-bond donors (Lipinski definition) is 0. The van der Waals surface area contributed by atoms with Crippen LogP contribution in [0.4, 0.5) is 14.5 Å². The van der Waals surface area contributed by atoms with Crippen molar-refractivity contribution in [1.82, 2.24) is 0 Å². The Morgan fingerprint density at radius 1 is 1.19 bits per heavy atom. The van der Waals surface area contributed by atoms with Gasteiger partial charge in [0.05, 0.1) is 0 Å². The normalized spacial score (nSPS) is 11.0. The van der Waals surface area contributed by atoms with Gasteiger partial charge in [-0.1, -0.05) is 12.1 Å². The summed E-state index contributed by atoms with van der Waals surface area (Å²) in [4.78, 5) is 2.13. The molecule has 0 aliphatic carbocycles. The highest BCUT2D eigenvalue weighted by Gasteiger charge is 2.27. The van der Waals surface area contributed by atoms with Gasteiger partial charge in [-0.2, -0.15) is 8.42 Å². The molecule has 2 aromatic carbocycles. The monoisotopic (exact) mass is 311 g/mol. The molecule has 5 nitrogen and oxygen atoms in total. The molecule has 0 unspecified atom stereocenters. The molecule has 0 spiro atoms. The molecule has 2 rings (SSSR count). The smallest absolute Gasteiger partial charge is 0.370 e. The number of benzene rings is 2. The average molecular weight is 311 g/mol. The second-order valence-corrected chi connectivity index (χ2v) is 5.65. The van der Waals surface area contributed by atoms with Gasteiger partial charge >= 0.3 is 15.8 Å². The van der Waals surface area contributed by atoms with Gasteiger partial charge < -0.3 is 4.18 Å². The molecule has 0 aromatic heterocycles. The van der Waals surface area contributed by atoms with Crippen LogP contribution in [0.1, 0.15) is 5.56 Å². The number of nitrogens with zero attached hydrogens (tertiary/aromatic N) is 2. The third kappa shape index (κ3) is 2.98. The summed E-state index contributed by atoms with van der Waals surface area (Å²) < 4.78 is 55.1. The first-order chi connectivity index (χ1) is 9.85. The number of halogens is 2. The van der Waals surface area contributed by atoms with Crippen molar-refractivity contribution >= 4 is 15.8 Å². The van der Waals surface area contributed by atoms with E-state index in [4.69, 9.17) is 9.58 Å². The van der Waals surface area contributed by atoms with Gasteiger partial charge in [0.1, 0.15) is 16.5 Å². The molecule has 2 aromatic rings. The number of diazo groups is 1. The minimum Gasteiger partial charge on any atom is -0.370 e. The van der Waals surface area contributed by atoms with Gasteiger partial charge in [-0.15, -0.1) is 0 Å².